The smallest absolute Gasteiger partial charge is 0.278 e. The van der Waals surface area contributed by atoms with Gasteiger partial charge in [-0.3, -0.25) is 9.36 Å². The molecule has 2 aromatic rings. The number of nitrogens with zero attached hydrogens (tertiary/aromatic N) is 2. The Kier molecular flexibility index (Phi) is 3.15. The summed E-state index contributed by atoms with van der Waals surface area (Å²) in [4.78, 5) is 15.6. The van der Waals surface area contributed by atoms with Gasteiger partial charge in [0.05, 0.1) is 12.9 Å². The van der Waals surface area contributed by atoms with Crippen molar-refractivity contribution in [1.29, 1.82) is 0 Å². The van der Waals surface area contributed by atoms with Gasteiger partial charge in [-0.25, -0.2) is 4.98 Å². The van der Waals surface area contributed by atoms with Gasteiger partial charge < -0.3 is 5.73 Å². The normalized spacial score (nSPS) is 10.5. The Morgan fingerprint density at radius 1 is 1.35 bits per heavy atom. The summed E-state index contributed by atoms with van der Waals surface area (Å²) in [6.07, 6.45) is 1.40. The molecule has 0 saturated heterocycles. The molecule has 0 fully saturated rings. The van der Waals surface area contributed by atoms with Crippen molar-refractivity contribution < 1.29 is 0 Å². The molecule has 0 amide bonds. The molecule has 4 nitrogen and oxygen atoms in total. The van der Waals surface area contributed by atoms with Gasteiger partial charge in [-0.2, -0.15) is 0 Å². The summed E-state index contributed by atoms with van der Waals surface area (Å²) in [6.45, 7) is 2.45. The highest BCUT2D eigenvalue weighted by Gasteiger charge is 2.06. The van der Waals surface area contributed by atoms with Gasteiger partial charge in [0, 0.05) is 0 Å². The Hall–Kier alpha value is -1.81. The van der Waals surface area contributed by atoms with Gasteiger partial charge in [0.15, 0.2) is 5.15 Å². The van der Waals surface area contributed by atoms with Crippen molar-refractivity contribution >= 4 is 17.3 Å². The third kappa shape index (κ3) is 2.47. The van der Waals surface area contributed by atoms with E-state index in [0.717, 1.165) is 5.56 Å². The van der Waals surface area contributed by atoms with Crippen molar-refractivity contribution in [2.24, 2.45) is 0 Å². The average Bonchev–Trinajstić information content (AvgIpc) is 2.33. The van der Waals surface area contributed by atoms with Crippen molar-refractivity contribution in [3.8, 4) is 0 Å². The summed E-state index contributed by atoms with van der Waals surface area (Å²) >= 11 is 5.66. The fourth-order valence-corrected chi connectivity index (χ4v) is 1.61. The van der Waals surface area contributed by atoms with Crippen molar-refractivity contribution in [2.45, 2.75) is 13.5 Å². The summed E-state index contributed by atoms with van der Waals surface area (Å²) in [5.41, 5.74) is 7.40. The van der Waals surface area contributed by atoms with E-state index >= 15 is 0 Å². The summed E-state index contributed by atoms with van der Waals surface area (Å²) in [7, 11) is 0. The van der Waals surface area contributed by atoms with Crippen LogP contribution in [0.3, 0.4) is 0 Å². The standard InChI is InChI=1S/C12H12ClN3O/c1-8-2-4-9(5-3-8)6-16-7-15-11(13)10(14)12(16)17/h2-5,7H,6,14H2,1H3. The molecule has 5 heteroatoms. The second-order valence-electron chi connectivity index (χ2n) is 3.87. The lowest BCUT2D eigenvalue weighted by atomic mass is 10.1. The molecule has 17 heavy (non-hydrogen) atoms. The minimum atomic E-state index is -0.314. The van der Waals surface area contributed by atoms with E-state index < -0.39 is 0 Å². The van der Waals surface area contributed by atoms with Crippen LogP contribution in [-0.4, -0.2) is 9.55 Å². The third-order valence-electron chi connectivity index (χ3n) is 2.50. The summed E-state index contributed by atoms with van der Waals surface area (Å²) < 4.78 is 1.44. The lowest BCUT2D eigenvalue weighted by molar-refractivity contribution is 0.739. The van der Waals surface area contributed by atoms with E-state index in [-0.39, 0.29) is 16.4 Å². The first kappa shape index (κ1) is 11.7. The number of halogens is 1. The predicted molar refractivity (Wildman–Crippen MR) is 68.2 cm³/mol. The molecule has 0 bridgehead atoms. The van der Waals surface area contributed by atoms with Crippen LogP contribution in [-0.2, 0) is 6.54 Å². The van der Waals surface area contributed by atoms with Crippen LogP contribution in [0.4, 0.5) is 5.69 Å². The molecule has 0 spiro atoms. The monoisotopic (exact) mass is 249 g/mol. The van der Waals surface area contributed by atoms with Crippen LogP contribution in [0.2, 0.25) is 5.15 Å². The van der Waals surface area contributed by atoms with Crippen LogP contribution < -0.4 is 11.3 Å². The molecule has 0 unspecified atom stereocenters. The molecule has 0 atom stereocenters. The topological polar surface area (TPSA) is 60.9 Å². The van der Waals surface area contributed by atoms with Gasteiger partial charge in [0.1, 0.15) is 5.69 Å². The Bertz CT molecular complexity index is 590. The van der Waals surface area contributed by atoms with Crippen molar-refractivity contribution in [2.75, 3.05) is 5.73 Å². The number of nitrogens with two attached hydrogens (primary N) is 1. The molecule has 0 saturated carbocycles. The van der Waals surface area contributed by atoms with Gasteiger partial charge in [-0.05, 0) is 12.5 Å². The van der Waals surface area contributed by atoms with Gasteiger partial charge in [0.2, 0.25) is 0 Å². The Morgan fingerprint density at radius 3 is 2.65 bits per heavy atom. The predicted octanol–water partition coefficient (Wildman–Crippen LogP) is 1.84. The first-order valence-corrected chi connectivity index (χ1v) is 5.51. The van der Waals surface area contributed by atoms with Gasteiger partial charge in [-0.1, -0.05) is 41.4 Å². The number of hydrogen-bond acceptors (Lipinski definition) is 3. The maximum absolute atomic E-state index is 11.8. The van der Waals surface area contributed by atoms with E-state index in [2.05, 4.69) is 4.98 Å². The van der Waals surface area contributed by atoms with E-state index in [1.165, 1.54) is 16.5 Å². The van der Waals surface area contributed by atoms with E-state index in [9.17, 15) is 4.79 Å². The van der Waals surface area contributed by atoms with E-state index in [0.29, 0.717) is 6.54 Å². The first-order valence-electron chi connectivity index (χ1n) is 5.14. The second kappa shape index (κ2) is 4.59. The summed E-state index contributed by atoms with van der Waals surface area (Å²) in [6, 6.07) is 7.92. The number of aromatic nitrogens is 2. The Balaban J connectivity index is 2.34. The molecule has 0 radical (unpaired) electrons. The van der Waals surface area contributed by atoms with Crippen molar-refractivity contribution in [1.82, 2.24) is 9.55 Å². The summed E-state index contributed by atoms with van der Waals surface area (Å²) in [5, 5.41) is 0.0511. The van der Waals surface area contributed by atoms with Crippen LogP contribution in [0.25, 0.3) is 0 Å². The molecule has 88 valence electrons. The third-order valence-corrected chi connectivity index (χ3v) is 2.80. The highest BCUT2D eigenvalue weighted by atomic mass is 35.5. The fraction of sp³-hybridized carbons (Fsp3) is 0.167. The maximum Gasteiger partial charge on any atom is 0.278 e. The van der Waals surface area contributed by atoms with Crippen LogP contribution in [0.1, 0.15) is 11.1 Å². The van der Waals surface area contributed by atoms with Crippen LogP contribution in [0, 0.1) is 6.92 Å². The van der Waals surface area contributed by atoms with Crippen LogP contribution in [0.15, 0.2) is 35.4 Å². The average molecular weight is 250 g/mol. The number of aryl methyl sites for hydroxylation is 1. The summed E-state index contributed by atoms with van der Waals surface area (Å²) in [5.74, 6) is 0. The highest BCUT2D eigenvalue weighted by Crippen LogP contribution is 2.09. The zero-order chi connectivity index (χ0) is 12.4. The molecule has 2 rings (SSSR count). The van der Waals surface area contributed by atoms with Crippen molar-refractivity contribution in [3.63, 3.8) is 0 Å². The van der Waals surface area contributed by atoms with E-state index in [1.807, 2.05) is 31.2 Å². The molecule has 2 N–H and O–H groups in total. The highest BCUT2D eigenvalue weighted by molar-refractivity contribution is 6.31. The zero-order valence-electron chi connectivity index (χ0n) is 9.35. The Labute approximate surface area is 104 Å². The molecule has 1 heterocycles. The second-order valence-corrected chi connectivity index (χ2v) is 4.23. The van der Waals surface area contributed by atoms with E-state index in [1.54, 1.807) is 0 Å². The number of nitrogen functional groups attached to an aromatic ring is 1. The largest absolute Gasteiger partial charge is 0.392 e. The molecular weight excluding hydrogens is 238 g/mol. The van der Waals surface area contributed by atoms with Crippen molar-refractivity contribution in [3.05, 3.63) is 57.2 Å². The first-order chi connectivity index (χ1) is 8.08. The van der Waals surface area contributed by atoms with Gasteiger partial charge in [-0.15, -0.1) is 0 Å². The Morgan fingerprint density at radius 2 is 2.00 bits per heavy atom. The number of anilines is 1. The van der Waals surface area contributed by atoms with Gasteiger partial charge in [0.25, 0.3) is 5.56 Å². The molecular formula is C12H12ClN3O. The molecule has 0 aliphatic carbocycles. The quantitative estimate of drug-likeness (QED) is 0.826. The number of benzene rings is 1. The van der Waals surface area contributed by atoms with Crippen LogP contribution in [0.5, 0.6) is 0 Å². The number of hydrogen-bond donors (Lipinski definition) is 1. The minimum absolute atomic E-state index is 0.0127. The molecule has 1 aromatic carbocycles. The molecule has 0 aliphatic rings. The fourth-order valence-electron chi connectivity index (χ4n) is 1.49. The van der Waals surface area contributed by atoms with Crippen LogP contribution >= 0.6 is 11.6 Å². The SMILES string of the molecule is Cc1ccc(Cn2cnc(Cl)c(N)c2=O)cc1. The van der Waals surface area contributed by atoms with E-state index in [4.69, 9.17) is 17.3 Å². The lowest BCUT2D eigenvalue weighted by Crippen LogP contribution is -2.24. The van der Waals surface area contributed by atoms with Gasteiger partial charge >= 0.3 is 0 Å². The maximum atomic E-state index is 11.8. The minimum Gasteiger partial charge on any atom is -0.392 e. The molecule has 1 aromatic heterocycles. The lowest BCUT2D eigenvalue weighted by Gasteiger charge is -2.07. The zero-order valence-corrected chi connectivity index (χ0v) is 10.1. The molecule has 0 aliphatic heterocycles. The number of rotatable bonds is 2.